The molecule has 2 N–H and O–H groups in total. The lowest BCUT2D eigenvalue weighted by molar-refractivity contribution is -0.113. The number of rotatable bonds is 5. The number of amides is 1. The summed E-state index contributed by atoms with van der Waals surface area (Å²) in [6.07, 6.45) is 3.09. The molecule has 0 fully saturated rings. The van der Waals surface area contributed by atoms with Crippen LogP contribution < -0.4 is 11.0 Å². The topological polar surface area (TPSA) is 105 Å². The van der Waals surface area contributed by atoms with Gasteiger partial charge in [-0.2, -0.15) is 9.61 Å². The molecule has 0 aliphatic rings. The first-order valence-electron chi connectivity index (χ1n) is 7.66. The average Bonchev–Trinajstić information content (AvgIpc) is 3.31. The molecule has 4 rings (SSSR count). The number of nitrogens with zero attached hydrogens (tertiary/aromatic N) is 4. The molecule has 3 aromatic heterocycles. The Morgan fingerprint density at radius 3 is 2.89 bits per heavy atom. The summed E-state index contributed by atoms with van der Waals surface area (Å²) in [6.45, 7) is 0. The van der Waals surface area contributed by atoms with E-state index in [9.17, 15) is 14.0 Å². The molecule has 4 aromatic rings. The predicted molar refractivity (Wildman–Crippen MR) is 100 cm³/mol. The molecule has 8 nitrogen and oxygen atoms in total. The van der Waals surface area contributed by atoms with Gasteiger partial charge in [0.15, 0.2) is 15.9 Å². The van der Waals surface area contributed by atoms with Gasteiger partial charge in [-0.25, -0.2) is 19.2 Å². The van der Waals surface area contributed by atoms with Crippen LogP contribution in [0.15, 0.2) is 52.0 Å². The van der Waals surface area contributed by atoms with Gasteiger partial charge < -0.3 is 5.32 Å². The first-order chi connectivity index (χ1) is 13.1. The van der Waals surface area contributed by atoms with Crippen molar-refractivity contribution < 1.29 is 9.18 Å². The maximum absolute atomic E-state index is 13.1. The molecule has 1 amide bonds. The standard InChI is InChI=1S/C16H11FN6O2S2/c17-10-3-1-9(2-4-10)11-7-19-23-13(11)21-15(22-16(23)25)27-8-12(24)20-14-18-5-6-26-14/h1-7H,8H2,(H,18,20,24)(H,21,22,25). The highest BCUT2D eigenvalue weighted by molar-refractivity contribution is 7.99. The monoisotopic (exact) mass is 402 g/mol. The summed E-state index contributed by atoms with van der Waals surface area (Å²) in [5, 5.41) is 9.23. The Bertz CT molecular complexity index is 1150. The van der Waals surface area contributed by atoms with Crippen molar-refractivity contribution in [2.45, 2.75) is 5.16 Å². The number of H-pyrrole nitrogens is 1. The highest BCUT2D eigenvalue weighted by atomic mass is 32.2. The first kappa shape index (κ1) is 17.4. The molecule has 0 atom stereocenters. The smallest absolute Gasteiger partial charge is 0.301 e. The molecule has 1 aromatic carbocycles. The van der Waals surface area contributed by atoms with Gasteiger partial charge in [-0.1, -0.05) is 23.9 Å². The summed E-state index contributed by atoms with van der Waals surface area (Å²) < 4.78 is 14.3. The van der Waals surface area contributed by atoms with Crippen molar-refractivity contribution in [3.05, 3.63) is 58.3 Å². The normalized spacial score (nSPS) is 11.0. The van der Waals surface area contributed by atoms with E-state index in [4.69, 9.17) is 0 Å². The average molecular weight is 402 g/mol. The Kier molecular flexibility index (Phi) is 4.69. The maximum atomic E-state index is 13.1. The minimum atomic E-state index is -0.476. The van der Waals surface area contributed by atoms with Crippen LogP contribution in [0.3, 0.4) is 0 Å². The Morgan fingerprint density at radius 2 is 2.15 bits per heavy atom. The van der Waals surface area contributed by atoms with Crippen molar-refractivity contribution in [1.29, 1.82) is 0 Å². The van der Waals surface area contributed by atoms with Crippen LogP contribution in [0.25, 0.3) is 16.8 Å². The van der Waals surface area contributed by atoms with Gasteiger partial charge in [0.05, 0.1) is 11.9 Å². The largest absolute Gasteiger partial charge is 0.350 e. The maximum Gasteiger partial charge on any atom is 0.350 e. The molecule has 11 heteroatoms. The number of carbonyl (C=O) groups excluding carboxylic acids is 1. The fourth-order valence-corrected chi connectivity index (χ4v) is 3.54. The Morgan fingerprint density at radius 1 is 1.33 bits per heavy atom. The number of hydrogen-bond acceptors (Lipinski definition) is 7. The predicted octanol–water partition coefficient (Wildman–Crippen LogP) is 2.41. The van der Waals surface area contributed by atoms with Crippen LogP contribution in [-0.2, 0) is 4.79 Å². The van der Waals surface area contributed by atoms with E-state index in [1.807, 2.05) is 0 Å². The fourth-order valence-electron chi connectivity index (χ4n) is 2.34. The third-order valence-electron chi connectivity index (χ3n) is 3.53. The molecular weight excluding hydrogens is 391 g/mol. The van der Waals surface area contributed by atoms with Gasteiger partial charge in [-0.05, 0) is 17.7 Å². The van der Waals surface area contributed by atoms with Gasteiger partial charge in [0, 0.05) is 17.1 Å². The minimum absolute atomic E-state index is 0.0543. The van der Waals surface area contributed by atoms with E-state index >= 15 is 0 Å². The SMILES string of the molecule is O=C(CSc1nc2c(-c3ccc(F)cc3)cnn2c(=O)[nH]1)Nc1nccs1. The van der Waals surface area contributed by atoms with E-state index in [1.54, 1.807) is 23.7 Å². The van der Waals surface area contributed by atoms with E-state index in [-0.39, 0.29) is 22.6 Å². The van der Waals surface area contributed by atoms with Gasteiger partial charge in [0.25, 0.3) is 0 Å². The van der Waals surface area contributed by atoms with Crippen molar-refractivity contribution in [3.8, 4) is 11.1 Å². The van der Waals surface area contributed by atoms with Gasteiger partial charge in [0.2, 0.25) is 5.91 Å². The number of hydrogen-bond donors (Lipinski definition) is 2. The van der Waals surface area contributed by atoms with Crippen molar-refractivity contribution in [2.75, 3.05) is 11.1 Å². The number of carbonyl (C=O) groups is 1. The van der Waals surface area contributed by atoms with Crippen LogP contribution in [0.5, 0.6) is 0 Å². The minimum Gasteiger partial charge on any atom is -0.301 e. The van der Waals surface area contributed by atoms with Crippen LogP contribution in [-0.4, -0.2) is 36.2 Å². The second-order valence-electron chi connectivity index (χ2n) is 5.32. The molecule has 0 saturated heterocycles. The number of halogens is 1. The lowest BCUT2D eigenvalue weighted by atomic mass is 10.1. The molecule has 0 unspecified atom stereocenters. The number of anilines is 1. The van der Waals surface area contributed by atoms with Crippen molar-refractivity contribution in [2.24, 2.45) is 0 Å². The summed E-state index contributed by atoms with van der Waals surface area (Å²) in [7, 11) is 0. The second-order valence-corrected chi connectivity index (χ2v) is 7.18. The molecule has 0 radical (unpaired) electrons. The third kappa shape index (κ3) is 3.73. The molecule has 0 saturated carbocycles. The van der Waals surface area contributed by atoms with Crippen LogP contribution in [0.2, 0.25) is 0 Å². The van der Waals surface area contributed by atoms with E-state index in [2.05, 4.69) is 25.4 Å². The van der Waals surface area contributed by atoms with Crippen molar-refractivity contribution >= 4 is 39.8 Å². The number of fused-ring (bicyclic) bond motifs is 1. The molecule has 27 heavy (non-hydrogen) atoms. The Hall–Kier alpha value is -3.05. The van der Waals surface area contributed by atoms with E-state index in [1.165, 1.54) is 29.7 Å². The Balaban J connectivity index is 1.58. The van der Waals surface area contributed by atoms with Crippen molar-refractivity contribution in [1.82, 2.24) is 24.6 Å². The van der Waals surface area contributed by atoms with Crippen LogP contribution >= 0.6 is 23.1 Å². The number of nitrogens with one attached hydrogen (secondary N) is 2. The van der Waals surface area contributed by atoms with Gasteiger partial charge >= 0.3 is 5.69 Å². The zero-order chi connectivity index (χ0) is 18.8. The number of aromatic amines is 1. The summed E-state index contributed by atoms with van der Waals surface area (Å²) in [5.74, 6) is -0.563. The van der Waals surface area contributed by atoms with Gasteiger partial charge in [0.1, 0.15) is 5.82 Å². The molecule has 0 aliphatic carbocycles. The number of aromatic nitrogens is 5. The lowest BCUT2D eigenvalue weighted by Gasteiger charge is -2.03. The zero-order valence-electron chi connectivity index (χ0n) is 13.5. The van der Waals surface area contributed by atoms with E-state index in [0.29, 0.717) is 21.9 Å². The molecule has 3 heterocycles. The quantitative estimate of drug-likeness (QED) is 0.497. The van der Waals surface area contributed by atoms with E-state index < -0.39 is 5.69 Å². The fraction of sp³-hybridized carbons (Fsp3) is 0.0625. The highest BCUT2D eigenvalue weighted by Gasteiger charge is 2.13. The van der Waals surface area contributed by atoms with Crippen LogP contribution in [0.4, 0.5) is 9.52 Å². The van der Waals surface area contributed by atoms with Crippen LogP contribution in [0, 0.1) is 5.82 Å². The molecular formula is C16H11FN6O2S2. The molecule has 136 valence electrons. The van der Waals surface area contributed by atoms with Gasteiger partial charge in [-0.3, -0.25) is 9.78 Å². The lowest BCUT2D eigenvalue weighted by Crippen LogP contribution is -2.20. The number of benzene rings is 1. The van der Waals surface area contributed by atoms with E-state index in [0.717, 1.165) is 16.3 Å². The summed E-state index contributed by atoms with van der Waals surface area (Å²) in [5.41, 5.74) is 1.13. The van der Waals surface area contributed by atoms with Crippen LogP contribution in [0.1, 0.15) is 0 Å². The third-order valence-corrected chi connectivity index (χ3v) is 5.09. The number of thiazole rings is 1. The number of thioether (sulfide) groups is 1. The van der Waals surface area contributed by atoms with Gasteiger partial charge in [-0.15, -0.1) is 11.3 Å². The van der Waals surface area contributed by atoms with Crippen molar-refractivity contribution in [3.63, 3.8) is 0 Å². The second kappa shape index (κ2) is 7.29. The summed E-state index contributed by atoms with van der Waals surface area (Å²) in [6, 6.07) is 5.82. The molecule has 0 aliphatic heterocycles. The summed E-state index contributed by atoms with van der Waals surface area (Å²) >= 11 is 2.40. The molecule has 0 bridgehead atoms. The first-order valence-corrected chi connectivity index (χ1v) is 9.53. The zero-order valence-corrected chi connectivity index (χ0v) is 15.2. The Labute approximate surface area is 159 Å². The molecule has 0 spiro atoms. The summed E-state index contributed by atoms with van der Waals surface area (Å²) in [4.78, 5) is 35.1. The highest BCUT2D eigenvalue weighted by Crippen LogP contribution is 2.24.